The molecule has 0 saturated carbocycles. The molecule has 0 aliphatic rings. The predicted molar refractivity (Wildman–Crippen MR) is 93.8 cm³/mol. The van der Waals surface area contributed by atoms with E-state index in [-0.39, 0.29) is 0 Å². The van der Waals surface area contributed by atoms with E-state index in [4.69, 9.17) is 14.2 Å². The number of carbonyl (C=O) groups excluding carboxylic acids is 1. The van der Waals surface area contributed by atoms with Gasteiger partial charge in [-0.3, -0.25) is 0 Å². The van der Waals surface area contributed by atoms with E-state index < -0.39 is 12.4 Å². The van der Waals surface area contributed by atoms with E-state index in [1.54, 1.807) is 13.2 Å². The molecule has 24 heavy (non-hydrogen) atoms. The molecule has 0 heterocycles. The molecule has 5 nitrogen and oxygen atoms in total. The van der Waals surface area contributed by atoms with Crippen molar-refractivity contribution in [1.82, 2.24) is 0 Å². The predicted octanol–water partition coefficient (Wildman–Crippen LogP) is 4.39. The van der Waals surface area contributed by atoms with Gasteiger partial charge in [0, 0.05) is 18.3 Å². The largest absolute Gasteiger partial charge is 0.515 e. The van der Waals surface area contributed by atoms with E-state index in [9.17, 15) is 4.79 Å². The molecule has 2 aromatic rings. The number of aryl methyl sites for hydroxylation is 1. The normalized spacial score (nSPS) is 11.5. The molecule has 2 aromatic carbocycles. The van der Waals surface area contributed by atoms with Gasteiger partial charge < -0.3 is 19.1 Å². The Morgan fingerprint density at radius 1 is 1.17 bits per heavy atom. The lowest BCUT2D eigenvalue weighted by atomic mass is 10.2. The molecule has 0 saturated heterocycles. The molecule has 0 spiro atoms. The minimum Gasteiger partial charge on any atom is -0.497 e. The first-order valence-corrected chi connectivity index (χ1v) is 7.90. The van der Waals surface area contributed by atoms with Gasteiger partial charge in [0.15, 0.2) is 6.23 Å². The number of methoxy groups -OCH3 is 1. The van der Waals surface area contributed by atoms with Gasteiger partial charge in [-0.1, -0.05) is 24.3 Å². The number of benzene rings is 2. The summed E-state index contributed by atoms with van der Waals surface area (Å²) in [6.07, 6.45) is -1.20. The maximum atomic E-state index is 12.1. The van der Waals surface area contributed by atoms with E-state index in [2.05, 4.69) is 0 Å². The van der Waals surface area contributed by atoms with Crippen molar-refractivity contribution in [2.45, 2.75) is 27.0 Å². The maximum Gasteiger partial charge on any atom is 0.515 e. The standard InChI is InChI=1S/C19H23NO4/c1-5-20(16-10-8-11-17(13-16)22-4)15(3)23-19(21)24-18-12-7-6-9-14(18)2/h6-13,15H,5H2,1-4H3. The van der Waals surface area contributed by atoms with E-state index in [0.29, 0.717) is 12.3 Å². The van der Waals surface area contributed by atoms with Crippen LogP contribution in [0.25, 0.3) is 0 Å². The monoisotopic (exact) mass is 329 g/mol. The van der Waals surface area contributed by atoms with Crippen LogP contribution in [0.3, 0.4) is 0 Å². The summed E-state index contributed by atoms with van der Waals surface area (Å²) in [5.74, 6) is 1.25. The number of carbonyl (C=O) groups is 1. The quantitative estimate of drug-likeness (QED) is 0.447. The number of hydrogen-bond acceptors (Lipinski definition) is 5. The summed E-state index contributed by atoms with van der Waals surface area (Å²) in [5.41, 5.74) is 1.79. The summed E-state index contributed by atoms with van der Waals surface area (Å²) in [4.78, 5) is 14.0. The van der Waals surface area contributed by atoms with Gasteiger partial charge in [-0.15, -0.1) is 0 Å². The first-order valence-electron chi connectivity index (χ1n) is 7.90. The highest BCUT2D eigenvalue weighted by Gasteiger charge is 2.19. The first-order chi connectivity index (χ1) is 11.5. The lowest BCUT2D eigenvalue weighted by Crippen LogP contribution is -2.37. The molecule has 0 aromatic heterocycles. The molecule has 0 N–H and O–H groups in total. The molecule has 2 rings (SSSR count). The molecule has 0 aliphatic heterocycles. The highest BCUT2D eigenvalue weighted by atomic mass is 16.7. The second-order valence-electron chi connectivity index (χ2n) is 5.32. The third-order valence-electron chi connectivity index (χ3n) is 3.72. The lowest BCUT2D eigenvalue weighted by Gasteiger charge is -2.29. The summed E-state index contributed by atoms with van der Waals surface area (Å²) in [6, 6.07) is 14.9. The lowest BCUT2D eigenvalue weighted by molar-refractivity contribution is 0.0643. The smallest absolute Gasteiger partial charge is 0.497 e. The van der Waals surface area contributed by atoms with Crippen LogP contribution in [-0.4, -0.2) is 26.0 Å². The summed E-state index contributed by atoms with van der Waals surface area (Å²) < 4.78 is 15.9. The maximum absolute atomic E-state index is 12.1. The average Bonchev–Trinajstić information content (AvgIpc) is 2.57. The van der Waals surface area contributed by atoms with E-state index in [1.165, 1.54) is 0 Å². The van der Waals surface area contributed by atoms with Crippen LogP contribution in [0.4, 0.5) is 10.5 Å². The van der Waals surface area contributed by atoms with Gasteiger partial charge in [0.05, 0.1) is 7.11 Å². The summed E-state index contributed by atoms with van der Waals surface area (Å²) in [7, 11) is 1.62. The van der Waals surface area contributed by atoms with E-state index >= 15 is 0 Å². The highest BCUT2D eigenvalue weighted by Crippen LogP contribution is 2.23. The van der Waals surface area contributed by atoms with Crippen molar-refractivity contribution in [3.8, 4) is 11.5 Å². The molecular weight excluding hydrogens is 306 g/mol. The Balaban J connectivity index is 2.04. The van der Waals surface area contributed by atoms with Crippen molar-refractivity contribution in [2.75, 3.05) is 18.6 Å². The van der Waals surface area contributed by atoms with Crippen LogP contribution >= 0.6 is 0 Å². The number of anilines is 1. The second-order valence-corrected chi connectivity index (χ2v) is 5.32. The average molecular weight is 329 g/mol. The van der Waals surface area contributed by atoms with Crippen LogP contribution in [0.5, 0.6) is 11.5 Å². The molecule has 0 aliphatic carbocycles. The van der Waals surface area contributed by atoms with Crippen LogP contribution in [0, 0.1) is 6.92 Å². The van der Waals surface area contributed by atoms with Crippen LogP contribution < -0.4 is 14.4 Å². The topological polar surface area (TPSA) is 48.0 Å². The molecule has 5 heteroatoms. The number of para-hydroxylation sites is 1. The number of rotatable bonds is 6. The van der Waals surface area contributed by atoms with Gasteiger partial charge >= 0.3 is 6.16 Å². The molecule has 0 radical (unpaired) electrons. The zero-order valence-corrected chi connectivity index (χ0v) is 14.5. The van der Waals surface area contributed by atoms with Gasteiger partial charge in [0.25, 0.3) is 0 Å². The van der Waals surface area contributed by atoms with Crippen LogP contribution in [0.2, 0.25) is 0 Å². The fourth-order valence-electron chi connectivity index (χ4n) is 2.43. The van der Waals surface area contributed by atoms with Crippen LogP contribution in [-0.2, 0) is 4.74 Å². The van der Waals surface area contributed by atoms with E-state index in [0.717, 1.165) is 17.0 Å². The number of ether oxygens (including phenoxy) is 3. The summed E-state index contributed by atoms with van der Waals surface area (Å²) >= 11 is 0. The zero-order valence-electron chi connectivity index (χ0n) is 14.5. The van der Waals surface area contributed by atoms with E-state index in [1.807, 2.05) is 68.1 Å². The first kappa shape index (κ1) is 17.7. The van der Waals surface area contributed by atoms with Crippen molar-refractivity contribution in [3.05, 3.63) is 54.1 Å². The van der Waals surface area contributed by atoms with Gasteiger partial charge in [-0.25, -0.2) is 4.79 Å². The molecule has 128 valence electrons. The van der Waals surface area contributed by atoms with Gasteiger partial charge in [0.2, 0.25) is 0 Å². The molecular formula is C19H23NO4. The summed E-state index contributed by atoms with van der Waals surface area (Å²) in [6.45, 7) is 6.35. The summed E-state index contributed by atoms with van der Waals surface area (Å²) in [5, 5.41) is 0. The third-order valence-corrected chi connectivity index (χ3v) is 3.72. The molecule has 0 bridgehead atoms. The molecule has 1 unspecified atom stereocenters. The zero-order chi connectivity index (χ0) is 17.5. The van der Waals surface area contributed by atoms with Crippen molar-refractivity contribution in [1.29, 1.82) is 0 Å². The Hall–Kier alpha value is -2.69. The molecule has 0 amide bonds. The Morgan fingerprint density at radius 2 is 1.92 bits per heavy atom. The van der Waals surface area contributed by atoms with Crippen molar-refractivity contribution in [2.24, 2.45) is 0 Å². The van der Waals surface area contributed by atoms with Crippen molar-refractivity contribution < 1.29 is 19.0 Å². The fraction of sp³-hybridized carbons (Fsp3) is 0.316. The molecule has 1 atom stereocenters. The minimum absolute atomic E-state index is 0.473. The van der Waals surface area contributed by atoms with Crippen molar-refractivity contribution >= 4 is 11.8 Å². The minimum atomic E-state index is -0.724. The Bertz CT molecular complexity index is 687. The fourth-order valence-corrected chi connectivity index (χ4v) is 2.43. The van der Waals surface area contributed by atoms with Gasteiger partial charge in [-0.2, -0.15) is 0 Å². The SMILES string of the molecule is CCN(c1cccc(OC)c1)C(C)OC(=O)Oc1ccccc1C. The third kappa shape index (κ3) is 4.41. The van der Waals surface area contributed by atoms with Crippen LogP contribution in [0.1, 0.15) is 19.4 Å². The van der Waals surface area contributed by atoms with Crippen molar-refractivity contribution in [3.63, 3.8) is 0 Å². The Labute approximate surface area is 142 Å². The second kappa shape index (κ2) is 8.24. The Morgan fingerprint density at radius 3 is 2.58 bits per heavy atom. The molecule has 0 fully saturated rings. The number of nitrogens with zero attached hydrogens (tertiary/aromatic N) is 1. The Kier molecular flexibility index (Phi) is 6.07. The van der Waals surface area contributed by atoms with Gasteiger partial charge in [-0.05, 0) is 44.5 Å². The van der Waals surface area contributed by atoms with Crippen LogP contribution in [0.15, 0.2) is 48.5 Å². The van der Waals surface area contributed by atoms with Gasteiger partial charge in [0.1, 0.15) is 11.5 Å². The highest BCUT2D eigenvalue weighted by molar-refractivity contribution is 5.65. The number of hydrogen-bond donors (Lipinski definition) is 0.